The number of carboxylic acid groups (broad SMARTS) is 1. The Kier molecular flexibility index (Phi) is 5.53. The van der Waals surface area contributed by atoms with E-state index < -0.39 is 53.4 Å². The Hall–Kier alpha value is -1.70. The van der Waals surface area contributed by atoms with Crippen LogP contribution in [0.25, 0.3) is 0 Å². The van der Waals surface area contributed by atoms with Gasteiger partial charge in [-0.05, 0) is 6.92 Å². The molecule has 0 saturated carbocycles. The molecule has 0 aliphatic carbocycles. The summed E-state index contributed by atoms with van der Waals surface area (Å²) in [4.78, 5) is 10.2. The summed E-state index contributed by atoms with van der Waals surface area (Å²) in [6.07, 6.45) is -8.97. The molecule has 0 spiro atoms. The van der Waals surface area contributed by atoms with E-state index in [0.29, 0.717) is 0 Å². The van der Waals surface area contributed by atoms with Crippen LogP contribution in [0.5, 0.6) is 0 Å². The molecule has 0 fully saturated rings. The summed E-state index contributed by atoms with van der Waals surface area (Å²) < 4.78 is 164. The average molecular weight is 404 g/mol. The molecule has 0 unspecified atom stereocenters. The van der Waals surface area contributed by atoms with E-state index in [-0.39, 0.29) is 6.92 Å². The van der Waals surface area contributed by atoms with Crippen LogP contribution in [0.3, 0.4) is 0 Å². The monoisotopic (exact) mass is 404 g/mol. The molecule has 148 valence electrons. The molecular formula is C10H5F13O2. The van der Waals surface area contributed by atoms with Crippen LogP contribution < -0.4 is 0 Å². The zero-order chi connectivity index (χ0) is 20.9. The number of halogens is 13. The summed E-state index contributed by atoms with van der Waals surface area (Å²) in [5, 5.41) is 8.16. The number of carboxylic acids is 1. The number of hydrogen-bond donors (Lipinski definition) is 1. The summed E-state index contributed by atoms with van der Waals surface area (Å²) in [6.45, 7) is 0.118. The Morgan fingerprint density at radius 2 is 1.00 bits per heavy atom. The Morgan fingerprint density at radius 1 is 0.680 bits per heavy atom. The summed E-state index contributed by atoms with van der Waals surface area (Å²) in [6, 6.07) is 0. The highest BCUT2D eigenvalue weighted by Crippen LogP contribution is 2.60. The van der Waals surface area contributed by atoms with Gasteiger partial charge in [0.2, 0.25) is 0 Å². The second-order valence-corrected chi connectivity index (χ2v) is 4.55. The summed E-state index contributed by atoms with van der Waals surface area (Å²) in [7, 11) is 0. The molecule has 15 heteroatoms. The van der Waals surface area contributed by atoms with Gasteiger partial charge in [-0.1, -0.05) is 0 Å². The van der Waals surface area contributed by atoms with Gasteiger partial charge in [0.05, 0.1) is 0 Å². The first kappa shape index (κ1) is 23.3. The fraction of sp³-hybridized carbons (Fsp3) is 0.700. The quantitative estimate of drug-likeness (QED) is 0.512. The van der Waals surface area contributed by atoms with Crippen LogP contribution in [0.4, 0.5) is 57.1 Å². The second kappa shape index (κ2) is 5.93. The number of rotatable bonds is 6. The number of aliphatic carboxylic acids is 1. The predicted octanol–water partition coefficient (Wildman–Crippen LogP) is 4.76. The van der Waals surface area contributed by atoms with Crippen molar-refractivity contribution in [3.63, 3.8) is 0 Å². The molecule has 0 bridgehead atoms. The fourth-order valence-electron chi connectivity index (χ4n) is 1.21. The van der Waals surface area contributed by atoms with Gasteiger partial charge in [0, 0.05) is 11.6 Å². The van der Waals surface area contributed by atoms with E-state index in [9.17, 15) is 61.9 Å². The molecule has 2 nitrogen and oxygen atoms in total. The lowest BCUT2D eigenvalue weighted by Gasteiger charge is -2.39. The van der Waals surface area contributed by atoms with Gasteiger partial charge in [-0.15, -0.1) is 0 Å². The highest BCUT2D eigenvalue weighted by atomic mass is 19.4. The van der Waals surface area contributed by atoms with Crippen molar-refractivity contribution in [3.05, 3.63) is 11.6 Å². The third-order valence-electron chi connectivity index (χ3n) is 2.69. The molecule has 0 heterocycles. The van der Waals surface area contributed by atoms with Crippen molar-refractivity contribution in [1.29, 1.82) is 0 Å². The number of carbonyl (C=O) groups is 1. The van der Waals surface area contributed by atoms with Gasteiger partial charge < -0.3 is 5.11 Å². The third-order valence-corrected chi connectivity index (χ3v) is 2.69. The van der Waals surface area contributed by atoms with Gasteiger partial charge in [0.25, 0.3) is 0 Å². The molecular weight excluding hydrogens is 399 g/mol. The zero-order valence-electron chi connectivity index (χ0n) is 11.3. The zero-order valence-corrected chi connectivity index (χ0v) is 11.3. The van der Waals surface area contributed by atoms with E-state index in [2.05, 4.69) is 0 Å². The molecule has 0 aliphatic rings. The van der Waals surface area contributed by atoms with Crippen molar-refractivity contribution in [2.45, 2.75) is 42.7 Å². The van der Waals surface area contributed by atoms with E-state index in [1.165, 1.54) is 0 Å². The summed E-state index contributed by atoms with van der Waals surface area (Å²) in [5.41, 5.74) is -1.80. The van der Waals surface area contributed by atoms with Crippen molar-refractivity contribution >= 4 is 5.97 Å². The second-order valence-electron chi connectivity index (χ2n) is 4.55. The Morgan fingerprint density at radius 3 is 1.28 bits per heavy atom. The smallest absolute Gasteiger partial charge is 0.460 e. The lowest BCUT2D eigenvalue weighted by Crippen LogP contribution is -2.69. The molecule has 0 aromatic carbocycles. The van der Waals surface area contributed by atoms with Gasteiger partial charge in [0.15, 0.2) is 0 Å². The van der Waals surface area contributed by atoms with Gasteiger partial charge in [0.1, 0.15) is 0 Å². The largest absolute Gasteiger partial charge is 0.478 e. The Bertz CT molecular complexity index is 558. The van der Waals surface area contributed by atoms with Crippen molar-refractivity contribution in [3.8, 4) is 0 Å². The van der Waals surface area contributed by atoms with Gasteiger partial charge in [-0.2, -0.15) is 57.1 Å². The molecule has 1 N–H and O–H groups in total. The topological polar surface area (TPSA) is 37.3 Å². The van der Waals surface area contributed by atoms with Crippen LogP contribution in [-0.2, 0) is 4.79 Å². The molecule has 0 aromatic heterocycles. The molecule has 25 heavy (non-hydrogen) atoms. The number of alkyl halides is 13. The van der Waals surface area contributed by atoms with Crippen molar-refractivity contribution in [1.82, 2.24) is 0 Å². The van der Waals surface area contributed by atoms with E-state index >= 15 is 0 Å². The SMILES string of the molecule is CC(=CC(F)(F)C(F)(F)C(F)(F)C(F)(F)C(F)(F)C(F)(F)F)C(=O)O. The first-order chi connectivity index (χ1) is 10.6. The van der Waals surface area contributed by atoms with E-state index in [1.54, 1.807) is 0 Å². The van der Waals surface area contributed by atoms with Crippen molar-refractivity contribution < 1.29 is 67.0 Å². The van der Waals surface area contributed by atoms with Crippen LogP contribution >= 0.6 is 0 Å². The molecule has 0 amide bonds. The van der Waals surface area contributed by atoms with Gasteiger partial charge in [-0.3, -0.25) is 0 Å². The average Bonchev–Trinajstić information content (AvgIpc) is 2.35. The molecule has 0 radical (unpaired) electrons. The lowest BCUT2D eigenvalue weighted by molar-refractivity contribution is -0.436. The molecule has 0 rings (SSSR count). The Labute approximate surface area is 128 Å². The molecule has 0 aliphatic heterocycles. The maximum absolute atomic E-state index is 13.1. The maximum atomic E-state index is 13.1. The summed E-state index contributed by atoms with van der Waals surface area (Å²) in [5.74, 6) is -40.2. The van der Waals surface area contributed by atoms with E-state index in [4.69, 9.17) is 5.11 Å². The van der Waals surface area contributed by atoms with E-state index in [1.807, 2.05) is 0 Å². The molecule has 0 aromatic rings. The minimum absolute atomic E-state index is 0.118. The molecule has 0 saturated heterocycles. The van der Waals surface area contributed by atoms with Crippen molar-refractivity contribution in [2.75, 3.05) is 0 Å². The molecule has 0 atom stereocenters. The van der Waals surface area contributed by atoms with Crippen LogP contribution in [-0.4, -0.2) is 46.9 Å². The van der Waals surface area contributed by atoms with Crippen LogP contribution in [0.15, 0.2) is 11.6 Å². The first-order valence-electron chi connectivity index (χ1n) is 5.46. The van der Waals surface area contributed by atoms with Crippen LogP contribution in [0.1, 0.15) is 6.92 Å². The fourth-order valence-corrected chi connectivity index (χ4v) is 1.21. The summed E-state index contributed by atoms with van der Waals surface area (Å²) >= 11 is 0. The Balaban J connectivity index is 6.39. The minimum Gasteiger partial charge on any atom is -0.478 e. The van der Waals surface area contributed by atoms with Crippen LogP contribution in [0, 0.1) is 0 Å². The van der Waals surface area contributed by atoms with Crippen LogP contribution in [0.2, 0.25) is 0 Å². The third kappa shape index (κ3) is 3.36. The standard InChI is InChI=1S/C10H5F13O2/c1-3(4(24)25)2-5(11,12)6(13,14)7(15,16)8(17,18)9(19,20)10(21,22)23/h2H,1H3,(H,24,25). The van der Waals surface area contributed by atoms with Crippen molar-refractivity contribution in [2.24, 2.45) is 0 Å². The number of allylic oxidation sites excluding steroid dienone is 1. The predicted molar refractivity (Wildman–Crippen MR) is 52.2 cm³/mol. The highest BCUT2D eigenvalue weighted by Gasteiger charge is 2.90. The maximum Gasteiger partial charge on any atom is 0.460 e. The van der Waals surface area contributed by atoms with E-state index in [0.717, 1.165) is 0 Å². The van der Waals surface area contributed by atoms with Gasteiger partial charge >= 0.3 is 41.8 Å². The first-order valence-corrected chi connectivity index (χ1v) is 5.46. The lowest BCUT2D eigenvalue weighted by atomic mass is 9.93. The highest BCUT2D eigenvalue weighted by molar-refractivity contribution is 5.86. The minimum atomic E-state index is -8.00. The van der Waals surface area contributed by atoms with Gasteiger partial charge in [-0.25, -0.2) is 4.79 Å². The normalized spacial score (nSPS) is 16.2. The number of hydrogen-bond acceptors (Lipinski definition) is 1.